The van der Waals surface area contributed by atoms with Crippen molar-refractivity contribution in [3.63, 3.8) is 0 Å². The molecular formula is C18H18N2O3S2. The largest absolute Gasteiger partial charge is 0.451 e. The molecule has 7 heteroatoms. The summed E-state index contributed by atoms with van der Waals surface area (Å²) in [5, 5.41) is 3.64. The number of nitrogens with one attached hydrogen (secondary N) is 1. The number of fused-ring (bicyclic) bond motifs is 1. The summed E-state index contributed by atoms with van der Waals surface area (Å²) < 4.78 is 6.19. The first kappa shape index (κ1) is 17.6. The first-order valence-electron chi connectivity index (χ1n) is 7.99. The minimum atomic E-state index is -0.489. The van der Waals surface area contributed by atoms with E-state index < -0.39 is 5.97 Å². The summed E-state index contributed by atoms with van der Waals surface area (Å²) >= 11 is 2.91. The Hall–Kier alpha value is -2.25. The van der Waals surface area contributed by atoms with E-state index in [4.69, 9.17) is 4.74 Å². The smallest absolute Gasteiger partial charge is 0.348 e. The molecule has 1 atom stereocenters. The number of rotatable bonds is 6. The Bertz CT molecular complexity index is 868. The lowest BCUT2D eigenvalue weighted by Crippen LogP contribution is -2.35. The van der Waals surface area contributed by atoms with Gasteiger partial charge in [-0.15, -0.1) is 22.7 Å². The zero-order valence-electron chi connectivity index (χ0n) is 13.9. The topological polar surface area (TPSA) is 68.3 Å². The van der Waals surface area contributed by atoms with Crippen LogP contribution in [0.3, 0.4) is 0 Å². The Morgan fingerprint density at radius 2 is 2.00 bits per heavy atom. The maximum Gasteiger partial charge on any atom is 0.348 e. The van der Waals surface area contributed by atoms with Gasteiger partial charge in [0.05, 0.1) is 15.1 Å². The molecule has 0 saturated heterocycles. The van der Waals surface area contributed by atoms with Gasteiger partial charge >= 0.3 is 5.97 Å². The van der Waals surface area contributed by atoms with E-state index in [0.29, 0.717) is 4.88 Å². The average Bonchev–Trinajstić information content (AvgIpc) is 3.25. The minimum Gasteiger partial charge on any atom is -0.451 e. The van der Waals surface area contributed by atoms with Gasteiger partial charge in [-0.25, -0.2) is 9.78 Å². The van der Waals surface area contributed by atoms with E-state index >= 15 is 0 Å². The van der Waals surface area contributed by atoms with E-state index in [1.165, 1.54) is 11.3 Å². The third kappa shape index (κ3) is 4.24. The highest BCUT2D eigenvalue weighted by atomic mass is 32.1. The van der Waals surface area contributed by atoms with Crippen molar-refractivity contribution >= 4 is 44.8 Å². The fraction of sp³-hybridized carbons (Fsp3) is 0.278. The Morgan fingerprint density at radius 3 is 2.76 bits per heavy atom. The molecule has 1 amide bonds. The molecule has 0 aliphatic rings. The van der Waals surface area contributed by atoms with Crippen molar-refractivity contribution in [2.45, 2.75) is 26.3 Å². The second kappa shape index (κ2) is 7.76. The van der Waals surface area contributed by atoms with E-state index in [2.05, 4.69) is 10.3 Å². The van der Waals surface area contributed by atoms with Gasteiger partial charge < -0.3 is 10.1 Å². The number of carbonyl (C=O) groups excluding carboxylic acids is 2. The van der Waals surface area contributed by atoms with Crippen LogP contribution in [0.25, 0.3) is 20.1 Å². The van der Waals surface area contributed by atoms with Gasteiger partial charge in [0.2, 0.25) is 0 Å². The zero-order valence-corrected chi connectivity index (χ0v) is 15.6. The summed E-state index contributed by atoms with van der Waals surface area (Å²) in [7, 11) is 0. The number of thiazole rings is 1. The van der Waals surface area contributed by atoms with Crippen molar-refractivity contribution < 1.29 is 14.3 Å². The third-order valence-corrected chi connectivity index (χ3v) is 5.94. The normalized spacial score (nSPS) is 12.1. The number of thiophene rings is 1. The molecule has 0 aliphatic heterocycles. The van der Waals surface area contributed by atoms with Gasteiger partial charge in [-0.3, -0.25) is 4.79 Å². The summed E-state index contributed by atoms with van der Waals surface area (Å²) in [5.74, 6) is -0.776. The number of hydrogen-bond acceptors (Lipinski definition) is 6. The first-order chi connectivity index (χ1) is 12.1. The van der Waals surface area contributed by atoms with E-state index in [0.717, 1.165) is 26.5 Å². The molecule has 0 bridgehead atoms. The van der Waals surface area contributed by atoms with Gasteiger partial charge in [-0.1, -0.05) is 19.1 Å². The van der Waals surface area contributed by atoms with Crippen LogP contribution in [0, 0.1) is 0 Å². The van der Waals surface area contributed by atoms with Crippen molar-refractivity contribution in [1.29, 1.82) is 0 Å². The van der Waals surface area contributed by atoms with Crippen LogP contribution in [-0.2, 0) is 9.53 Å². The quantitative estimate of drug-likeness (QED) is 0.660. The van der Waals surface area contributed by atoms with Gasteiger partial charge in [-0.2, -0.15) is 0 Å². The number of benzene rings is 1. The molecule has 0 aliphatic carbocycles. The van der Waals surface area contributed by atoms with Crippen LogP contribution in [0.15, 0.2) is 36.4 Å². The predicted molar refractivity (Wildman–Crippen MR) is 101 cm³/mol. The molecule has 0 saturated carbocycles. The van der Waals surface area contributed by atoms with Gasteiger partial charge in [0.1, 0.15) is 9.88 Å². The molecule has 2 heterocycles. The van der Waals surface area contributed by atoms with Crippen LogP contribution >= 0.6 is 22.7 Å². The molecule has 1 N–H and O–H groups in total. The molecule has 1 aromatic carbocycles. The van der Waals surface area contributed by atoms with E-state index in [1.54, 1.807) is 17.4 Å². The fourth-order valence-corrected chi connectivity index (χ4v) is 4.08. The first-order valence-corrected chi connectivity index (χ1v) is 9.62. The Balaban J connectivity index is 1.64. The molecule has 3 aromatic rings. The maximum atomic E-state index is 12.1. The standard InChI is InChI=1S/C18H18N2O3S2/c1-3-11(2)19-16(21)10-23-18(22)15-9-8-14(24-15)17-20-12-6-4-5-7-13(12)25-17/h4-9,11H,3,10H2,1-2H3,(H,19,21)/t11-/m1/s1. The highest BCUT2D eigenvalue weighted by molar-refractivity contribution is 7.26. The lowest BCUT2D eigenvalue weighted by Gasteiger charge is -2.10. The van der Waals surface area contributed by atoms with Crippen LogP contribution in [0.5, 0.6) is 0 Å². The van der Waals surface area contributed by atoms with Gasteiger partial charge in [0.15, 0.2) is 6.61 Å². The summed E-state index contributed by atoms with van der Waals surface area (Å²) in [6.45, 7) is 3.62. The van der Waals surface area contributed by atoms with Crippen LogP contribution in [0.1, 0.15) is 29.9 Å². The van der Waals surface area contributed by atoms with Crippen LogP contribution in [-0.4, -0.2) is 29.5 Å². The number of amides is 1. The number of ether oxygens (including phenoxy) is 1. The zero-order chi connectivity index (χ0) is 17.8. The third-order valence-electron chi connectivity index (χ3n) is 3.67. The molecule has 0 spiro atoms. The van der Waals surface area contributed by atoms with Crippen molar-refractivity contribution in [1.82, 2.24) is 10.3 Å². The summed E-state index contributed by atoms with van der Waals surface area (Å²) in [5.41, 5.74) is 0.946. The average molecular weight is 374 g/mol. The number of para-hydroxylation sites is 1. The number of hydrogen-bond donors (Lipinski definition) is 1. The Kier molecular flexibility index (Phi) is 5.45. The van der Waals surface area contributed by atoms with Gasteiger partial charge in [0.25, 0.3) is 5.91 Å². The van der Waals surface area contributed by atoms with Crippen LogP contribution in [0.2, 0.25) is 0 Å². The molecule has 3 rings (SSSR count). The highest BCUT2D eigenvalue weighted by Gasteiger charge is 2.16. The fourth-order valence-electron chi connectivity index (χ4n) is 2.16. The molecule has 25 heavy (non-hydrogen) atoms. The number of carbonyl (C=O) groups is 2. The molecule has 2 aromatic heterocycles. The van der Waals surface area contributed by atoms with E-state index in [1.807, 2.05) is 44.2 Å². The molecule has 0 radical (unpaired) electrons. The number of esters is 1. The summed E-state index contributed by atoms with van der Waals surface area (Å²) in [6, 6.07) is 11.6. The van der Waals surface area contributed by atoms with Crippen molar-refractivity contribution in [2.24, 2.45) is 0 Å². The Labute approximate surface area is 153 Å². The maximum absolute atomic E-state index is 12.1. The highest BCUT2D eigenvalue weighted by Crippen LogP contribution is 2.34. The lowest BCUT2D eigenvalue weighted by molar-refractivity contribution is -0.124. The van der Waals surface area contributed by atoms with E-state index in [-0.39, 0.29) is 18.6 Å². The number of nitrogens with zero attached hydrogens (tertiary/aromatic N) is 1. The van der Waals surface area contributed by atoms with Crippen molar-refractivity contribution in [3.8, 4) is 9.88 Å². The summed E-state index contributed by atoms with van der Waals surface area (Å²) in [6.07, 6.45) is 0.830. The second-order valence-corrected chi connectivity index (χ2v) is 7.72. The molecule has 5 nitrogen and oxygen atoms in total. The monoisotopic (exact) mass is 374 g/mol. The van der Waals surface area contributed by atoms with Gasteiger partial charge in [-0.05, 0) is 37.6 Å². The second-order valence-electron chi connectivity index (χ2n) is 5.60. The SMILES string of the molecule is CC[C@@H](C)NC(=O)COC(=O)c1ccc(-c2nc3ccccc3s2)s1. The van der Waals surface area contributed by atoms with E-state index in [9.17, 15) is 9.59 Å². The van der Waals surface area contributed by atoms with Crippen LogP contribution in [0.4, 0.5) is 0 Å². The Morgan fingerprint density at radius 1 is 1.20 bits per heavy atom. The lowest BCUT2D eigenvalue weighted by atomic mass is 10.2. The van der Waals surface area contributed by atoms with Crippen molar-refractivity contribution in [3.05, 3.63) is 41.3 Å². The molecule has 0 fully saturated rings. The molecule has 0 unspecified atom stereocenters. The molecular weight excluding hydrogens is 356 g/mol. The predicted octanol–water partition coefficient (Wildman–Crippen LogP) is 4.10. The minimum absolute atomic E-state index is 0.0681. The van der Waals surface area contributed by atoms with Gasteiger partial charge in [0, 0.05) is 6.04 Å². The van der Waals surface area contributed by atoms with Crippen LogP contribution < -0.4 is 5.32 Å². The number of aromatic nitrogens is 1. The summed E-state index contributed by atoms with van der Waals surface area (Å²) in [4.78, 5) is 29.8. The molecule has 130 valence electrons. The van der Waals surface area contributed by atoms with Crippen molar-refractivity contribution in [2.75, 3.05) is 6.61 Å².